The van der Waals surface area contributed by atoms with Gasteiger partial charge in [0.05, 0.1) is 18.3 Å². The maximum atomic E-state index is 5.52. The number of unbranched alkanes of at least 4 members (excludes halogenated alkanes) is 1. The minimum atomic E-state index is 0.801. The van der Waals surface area contributed by atoms with E-state index in [1.54, 1.807) is 7.11 Å². The zero-order valence-electron chi connectivity index (χ0n) is 15.0. The first-order valence-corrected chi connectivity index (χ1v) is 9.34. The molecule has 2 aromatic carbocycles. The fraction of sp³-hybridized carbons (Fsp3) is 0.350. The number of rotatable bonds is 7. The van der Waals surface area contributed by atoms with E-state index in [9.17, 15) is 0 Å². The van der Waals surface area contributed by atoms with Crippen LogP contribution in [-0.4, -0.2) is 44.2 Å². The van der Waals surface area contributed by atoms with Crippen LogP contribution < -0.4 is 10.1 Å². The Morgan fingerprint density at radius 1 is 1.12 bits per heavy atom. The summed E-state index contributed by atoms with van der Waals surface area (Å²) in [6.07, 6.45) is 2.31. The van der Waals surface area contributed by atoms with Crippen molar-refractivity contribution in [3.63, 3.8) is 0 Å². The van der Waals surface area contributed by atoms with Gasteiger partial charge in [-0.15, -0.1) is 0 Å². The monoisotopic (exact) mass is 401 g/mol. The van der Waals surface area contributed by atoms with E-state index in [1.165, 1.54) is 6.42 Å². The van der Waals surface area contributed by atoms with Gasteiger partial charge in [-0.25, -0.2) is 4.98 Å². The summed E-state index contributed by atoms with van der Waals surface area (Å²) in [4.78, 5) is 7.06. The number of methoxy groups -OCH3 is 1. The van der Waals surface area contributed by atoms with Crippen LogP contribution in [-0.2, 0) is 0 Å². The second-order valence-electron chi connectivity index (χ2n) is 6.44. The summed E-state index contributed by atoms with van der Waals surface area (Å²) in [5, 5.41) is 5.88. The number of ether oxygens (including phenoxy) is 1. The molecule has 0 saturated carbocycles. The summed E-state index contributed by atoms with van der Waals surface area (Å²) in [5.41, 5.74) is 2.99. The van der Waals surface area contributed by atoms with E-state index in [1.807, 2.05) is 12.1 Å². The maximum absolute atomic E-state index is 5.52. The summed E-state index contributed by atoms with van der Waals surface area (Å²) in [6, 6.07) is 12.3. The van der Waals surface area contributed by atoms with Crippen molar-refractivity contribution in [1.29, 1.82) is 0 Å². The molecule has 25 heavy (non-hydrogen) atoms. The maximum Gasteiger partial charge on any atom is 0.145 e. The Labute approximate surface area is 157 Å². The van der Waals surface area contributed by atoms with Crippen LogP contribution in [0.3, 0.4) is 0 Å². The second kappa shape index (κ2) is 8.02. The van der Waals surface area contributed by atoms with Gasteiger partial charge in [-0.05, 0) is 57.7 Å². The Morgan fingerprint density at radius 3 is 2.72 bits per heavy atom. The summed E-state index contributed by atoms with van der Waals surface area (Å²) in [5.74, 6) is 0.801. The predicted molar refractivity (Wildman–Crippen MR) is 110 cm³/mol. The van der Waals surface area contributed by atoms with Crippen molar-refractivity contribution in [3.8, 4) is 5.75 Å². The van der Waals surface area contributed by atoms with E-state index in [4.69, 9.17) is 9.72 Å². The van der Waals surface area contributed by atoms with Crippen LogP contribution in [0.15, 0.2) is 40.9 Å². The van der Waals surface area contributed by atoms with Crippen LogP contribution in [0, 0.1) is 0 Å². The number of hydrogen-bond acceptors (Lipinski definition) is 4. The molecular formula is C20H24BrN3O. The van der Waals surface area contributed by atoms with Crippen molar-refractivity contribution in [2.24, 2.45) is 0 Å². The van der Waals surface area contributed by atoms with E-state index < -0.39 is 0 Å². The Hall–Kier alpha value is -1.85. The normalized spacial score (nSPS) is 11.4. The van der Waals surface area contributed by atoms with Crippen molar-refractivity contribution < 1.29 is 4.74 Å². The molecule has 3 rings (SSSR count). The molecule has 0 spiro atoms. The number of aromatic nitrogens is 1. The molecule has 0 aliphatic heterocycles. The molecule has 1 heterocycles. The van der Waals surface area contributed by atoms with Gasteiger partial charge in [0.15, 0.2) is 0 Å². The summed E-state index contributed by atoms with van der Waals surface area (Å²) >= 11 is 3.55. The number of halogens is 1. The first kappa shape index (κ1) is 18.0. The molecule has 0 fully saturated rings. The lowest BCUT2D eigenvalue weighted by Gasteiger charge is -2.15. The number of fused-ring (bicyclic) bond motifs is 2. The molecule has 132 valence electrons. The molecule has 0 bridgehead atoms. The zero-order chi connectivity index (χ0) is 17.8. The van der Waals surface area contributed by atoms with Gasteiger partial charge in [-0.3, -0.25) is 0 Å². The van der Waals surface area contributed by atoms with E-state index >= 15 is 0 Å². The van der Waals surface area contributed by atoms with Crippen LogP contribution in [0.5, 0.6) is 5.75 Å². The lowest BCUT2D eigenvalue weighted by molar-refractivity contribution is 0.396. The van der Waals surface area contributed by atoms with E-state index in [2.05, 4.69) is 64.5 Å². The van der Waals surface area contributed by atoms with Gasteiger partial charge < -0.3 is 15.0 Å². The number of nitrogens with zero attached hydrogens (tertiary/aromatic N) is 2. The Bertz CT molecular complexity index is 880. The summed E-state index contributed by atoms with van der Waals surface area (Å²) in [6.45, 7) is 2.05. The third-order valence-corrected chi connectivity index (χ3v) is 4.78. The van der Waals surface area contributed by atoms with E-state index in [-0.39, 0.29) is 0 Å². The highest BCUT2D eigenvalue weighted by molar-refractivity contribution is 9.10. The van der Waals surface area contributed by atoms with Crippen LogP contribution in [0.1, 0.15) is 12.8 Å². The van der Waals surface area contributed by atoms with E-state index in [0.717, 1.165) is 57.2 Å². The zero-order valence-corrected chi connectivity index (χ0v) is 16.6. The number of nitrogens with one attached hydrogen (secondary N) is 1. The Kier molecular flexibility index (Phi) is 5.76. The Morgan fingerprint density at radius 2 is 1.96 bits per heavy atom. The fourth-order valence-corrected chi connectivity index (χ4v) is 3.38. The third-order valence-electron chi connectivity index (χ3n) is 4.28. The van der Waals surface area contributed by atoms with Crippen molar-refractivity contribution >= 4 is 43.4 Å². The lowest BCUT2D eigenvalue weighted by Crippen LogP contribution is -2.14. The molecule has 0 amide bonds. The van der Waals surface area contributed by atoms with Crippen LogP contribution >= 0.6 is 15.9 Å². The number of pyridine rings is 1. The molecular weight excluding hydrogens is 378 g/mol. The van der Waals surface area contributed by atoms with Crippen LogP contribution in [0.2, 0.25) is 0 Å². The molecule has 0 atom stereocenters. The summed E-state index contributed by atoms with van der Waals surface area (Å²) < 4.78 is 6.55. The van der Waals surface area contributed by atoms with Crippen LogP contribution in [0.25, 0.3) is 21.8 Å². The van der Waals surface area contributed by atoms with Gasteiger partial charge in [0.2, 0.25) is 0 Å². The second-order valence-corrected chi connectivity index (χ2v) is 7.36. The van der Waals surface area contributed by atoms with Crippen molar-refractivity contribution in [2.45, 2.75) is 12.8 Å². The number of hydrogen-bond donors (Lipinski definition) is 1. The molecule has 1 N–H and O–H groups in total. The minimum absolute atomic E-state index is 0.801. The molecule has 1 aromatic heterocycles. The average molecular weight is 402 g/mol. The average Bonchev–Trinajstić information content (AvgIpc) is 2.59. The topological polar surface area (TPSA) is 37.4 Å². The molecule has 0 unspecified atom stereocenters. The first-order chi connectivity index (χ1) is 12.1. The number of benzene rings is 2. The standard InChI is InChI=1S/C20H24BrN3O/c1-24(2)12-5-4-11-22-19-15-10-9-14(21)13-17(15)23-20-16(19)7-6-8-18(20)25-3/h6-10,13H,4-5,11-12H2,1-3H3,(H,22,23). The van der Waals surface area contributed by atoms with Gasteiger partial charge >= 0.3 is 0 Å². The van der Waals surface area contributed by atoms with Crippen molar-refractivity contribution in [3.05, 3.63) is 40.9 Å². The lowest BCUT2D eigenvalue weighted by atomic mass is 10.1. The van der Waals surface area contributed by atoms with Gasteiger partial charge in [0.25, 0.3) is 0 Å². The highest BCUT2D eigenvalue weighted by Crippen LogP contribution is 2.35. The molecule has 5 heteroatoms. The number of para-hydroxylation sites is 1. The molecule has 0 aliphatic rings. The fourth-order valence-electron chi connectivity index (χ4n) is 3.04. The van der Waals surface area contributed by atoms with E-state index in [0.29, 0.717) is 0 Å². The van der Waals surface area contributed by atoms with Crippen molar-refractivity contribution in [1.82, 2.24) is 9.88 Å². The summed E-state index contributed by atoms with van der Waals surface area (Å²) in [7, 11) is 5.92. The van der Waals surface area contributed by atoms with Gasteiger partial charge in [-0.2, -0.15) is 0 Å². The highest BCUT2D eigenvalue weighted by Gasteiger charge is 2.12. The van der Waals surface area contributed by atoms with Gasteiger partial charge in [0.1, 0.15) is 11.3 Å². The number of anilines is 1. The molecule has 4 nitrogen and oxygen atoms in total. The van der Waals surface area contributed by atoms with Gasteiger partial charge in [0, 0.05) is 21.8 Å². The Balaban J connectivity index is 2.00. The quantitative estimate of drug-likeness (QED) is 0.450. The molecule has 0 saturated heterocycles. The third kappa shape index (κ3) is 4.05. The van der Waals surface area contributed by atoms with Crippen LogP contribution in [0.4, 0.5) is 5.69 Å². The SMILES string of the molecule is COc1cccc2c(NCCCCN(C)C)c3ccc(Br)cc3nc12. The van der Waals surface area contributed by atoms with Crippen molar-refractivity contribution in [2.75, 3.05) is 39.6 Å². The molecule has 0 aliphatic carbocycles. The molecule has 0 radical (unpaired) electrons. The largest absolute Gasteiger partial charge is 0.494 e. The predicted octanol–water partition coefficient (Wildman–Crippen LogP) is 4.91. The molecule has 3 aromatic rings. The minimum Gasteiger partial charge on any atom is -0.494 e. The first-order valence-electron chi connectivity index (χ1n) is 8.54. The smallest absolute Gasteiger partial charge is 0.145 e. The highest BCUT2D eigenvalue weighted by atomic mass is 79.9. The van der Waals surface area contributed by atoms with Gasteiger partial charge in [-0.1, -0.05) is 28.1 Å².